The Morgan fingerprint density at radius 1 is 1.33 bits per heavy atom. The molecule has 15 heavy (non-hydrogen) atoms. The van der Waals surface area contributed by atoms with Gasteiger partial charge in [0, 0.05) is 13.1 Å². The maximum absolute atomic E-state index is 5.80. The molecule has 0 atom stereocenters. The lowest BCUT2D eigenvalue weighted by atomic mass is 10.3. The van der Waals surface area contributed by atoms with Crippen LogP contribution in [0.2, 0.25) is 0 Å². The normalized spacial score (nSPS) is 10.8. The molecule has 0 fully saturated rings. The van der Waals surface area contributed by atoms with Crippen LogP contribution in [0, 0.1) is 0 Å². The van der Waals surface area contributed by atoms with Crippen molar-refractivity contribution in [3.05, 3.63) is 6.33 Å². The van der Waals surface area contributed by atoms with E-state index in [4.69, 9.17) is 5.73 Å². The Morgan fingerprint density at radius 3 is 2.73 bits per heavy atom. The number of hydrogen-bond donors (Lipinski definition) is 2. The second kappa shape index (κ2) is 3.72. The van der Waals surface area contributed by atoms with Crippen molar-refractivity contribution in [3.63, 3.8) is 0 Å². The van der Waals surface area contributed by atoms with E-state index >= 15 is 0 Å². The smallest absolute Gasteiger partial charge is 0.188 e. The van der Waals surface area contributed by atoms with Gasteiger partial charge in [-0.3, -0.25) is 5.10 Å². The number of hydrogen-bond acceptors (Lipinski definition) is 5. The van der Waals surface area contributed by atoms with E-state index in [-0.39, 0.29) is 0 Å². The van der Waals surface area contributed by atoms with Gasteiger partial charge >= 0.3 is 0 Å². The zero-order chi connectivity index (χ0) is 10.8. The van der Waals surface area contributed by atoms with Crippen molar-refractivity contribution in [3.8, 4) is 0 Å². The molecule has 2 aromatic heterocycles. The molecule has 6 heteroatoms. The highest BCUT2D eigenvalue weighted by Gasteiger charge is 2.13. The summed E-state index contributed by atoms with van der Waals surface area (Å²) in [7, 11) is 0. The number of nitrogens with one attached hydrogen (secondary N) is 1. The van der Waals surface area contributed by atoms with Crippen molar-refractivity contribution in [1.29, 1.82) is 0 Å². The molecule has 0 aliphatic heterocycles. The fourth-order valence-electron chi connectivity index (χ4n) is 1.62. The van der Waals surface area contributed by atoms with E-state index in [1.54, 1.807) is 0 Å². The summed E-state index contributed by atoms with van der Waals surface area (Å²) in [5.41, 5.74) is 6.41. The minimum absolute atomic E-state index is 0.521. The quantitative estimate of drug-likeness (QED) is 0.775. The first-order chi connectivity index (χ1) is 7.27. The fraction of sp³-hybridized carbons (Fsp3) is 0.444. The second-order valence-corrected chi connectivity index (χ2v) is 3.21. The van der Waals surface area contributed by atoms with E-state index in [1.807, 2.05) is 0 Å². The molecule has 0 amide bonds. The van der Waals surface area contributed by atoms with Crippen LogP contribution in [0.4, 0.5) is 11.6 Å². The first-order valence-corrected chi connectivity index (χ1v) is 4.97. The monoisotopic (exact) mass is 206 g/mol. The Kier molecular flexibility index (Phi) is 2.40. The number of H-pyrrole nitrogens is 1. The molecule has 2 heterocycles. The molecule has 0 aliphatic carbocycles. The lowest BCUT2D eigenvalue weighted by Crippen LogP contribution is -2.23. The molecule has 6 nitrogen and oxygen atoms in total. The Bertz CT molecular complexity index is 459. The number of nitrogens with two attached hydrogens (primary N) is 1. The summed E-state index contributed by atoms with van der Waals surface area (Å²) in [6.07, 6.45) is 1.51. The van der Waals surface area contributed by atoms with Gasteiger partial charge in [0.25, 0.3) is 0 Å². The van der Waals surface area contributed by atoms with Crippen LogP contribution in [0.1, 0.15) is 13.8 Å². The standard InChI is InChI=1S/C9H14N6/c1-3-15(4-2)9-6-7(10)13-14-8(6)11-5-12-9/h5H,3-4H2,1-2H3,(H3,10,11,12,13,14). The molecular weight excluding hydrogens is 192 g/mol. The average molecular weight is 206 g/mol. The summed E-state index contributed by atoms with van der Waals surface area (Å²) >= 11 is 0. The highest BCUT2D eigenvalue weighted by atomic mass is 15.2. The molecule has 0 saturated heterocycles. The van der Waals surface area contributed by atoms with Gasteiger partial charge in [-0.05, 0) is 13.8 Å². The van der Waals surface area contributed by atoms with Gasteiger partial charge in [-0.25, -0.2) is 9.97 Å². The number of nitrogen functional groups attached to an aromatic ring is 1. The molecule has 3 N–H and O–H groups in total. The molecule has 0 unspecified atom stereocenters. The summed E-state index contributed by atoms with van der Waals surface area (Å²) in [4.78, 5) is 10.4. The van der Waals surface area contributed by atoms with Crippen LogP contribution in [0.3, 0.4) is 0 Å². The zero-order valence-corrected chi connectivity index (χ0v) is 8.86. The lowest BCUT2D eigenvalue weighted by molar-refractivity contribution is 0.849. The largest absolute Gasteiger partial charge is 0.383 e. The Balaban J connectivity index is 2.63. The van der Waals surface area contributed by atoms with Crippen molar-refractivity contribution in [1.82, 2.24) is 20.2 Å². The van der Waals surface area contributed by atoms with Crippen molar-refractivity contribution in [2.75, 3.05) is 23.7 Å². The van der Waals surface area contributed by atoms with Crippen molar-refractivity contribution in [2.45, 2.75) is 13.8 Å². The third-order valence-corrected chi connectivity index (χ3v) is 2.42. The predicted octanol–water partition coefficient (Wildman–Crippen LogP) is 0.781. The summed E-state index contributed by atoms with van der Waals surface area (Å²) < 4.78 is 0. The van der Waals surface area contributed by atoms with Crippen molar-refractivity contribution < 1.29 is 0 Å². The molecule has 0 saturated carbocycles. The molecular formula is C9H14N6. The van der Waals surface area contributed by atoms with Gasteiger partial charge in [-0.15, -0.1) is 0 Å². The van der Waals surface area contributed by atoms with E-state index in [0.717, 1.165) is 24.3 Å². The van der Waals surface area contributed by atoms with E-state index in [9.17, 15) is 0 Å². The Labute approximate surface area is 87.5 Å². The topological polar surface area (TPSA) is 83.7 Å². The molecule has 0 bridgehead atoms. The number of fused-ring (bicyclic) bond motifs is 1. The minimum Gasteiger partial charge on any atom is -0.383 e. The van der Waals surface area contributed by atoms with Crippen LogP contribution in [-0.2, 0) is 0 Å². The van der Waals surface area contributed by atoms with E-state index < -0.39 is 0 Å². The molecule has 2 rings (SSSR count). The summed E-state index contributed by atoms with van der Waals surface area (Å²) in [6.45, 7) is 5.92. The minimum atomic E-state index is 0.521. The van der Waals surface area contributed by atoms with Crippen molar-refractivity contribution in [2.24, 2.45) is 0 Å². The number of aromatic nitrogens is 4. The van der Waals surface area contributed by atoms with Crippen molar-refractivity contribution >= 4 is 22.7 Å². The van der Waals surface area contributed by atoms with Gasteiger partial charge in [-0.2, -0.15) is 5.10 Å². The SMILES string of the molecule is CCN(CC)c1ncnc2n[nH]c(N)c12. The molecule has 80 valence electrons. The highest BCUT2D eigenvalue weighted by Crippen LogP contribution is 2.25. The van der Waals surface area contributed by atoms with Gasteiger partial charge < -0.3 is 10.6 Å². The van der Waals surface area contributed by atoms with Crippen LogP contribution in [0.5, 0.6) is 0 Å². The molecule has 2 aromatic rings. The Morgan fingerprint density at radius 2 is 2.07 bits per heavy atom. The number of rotatable bonds is 3. The number of aromatic amines is 1. The van der Waals surface area contributed by atoms with E-state index in [0.29, 0.717) is 11.5 Å². The fourth-order valence-corrected chi connectivity index (χ4v) is 1.62. The molecule has 0 spiro atoms. The van der Waals surface area contributed by atoms with Crippen LogP contribution in [0.15, 0.2) is 6.33 Å². The van der Waals surface area contributed by atoms with Gasteiger partial charge in [0.15, 0.2) is 5.65 Å². The highest BCUT2D eigenvalue weighted by molar-refractivity contribution is 5.95. The zero-order valence-electron chi connectivity index (χ0n) is 8.86. The second-order valence-electron chi connectivity index (χ2n) is 3.21. The lowest BCUT2D eigenvalue weighted by Gasteiger charge is -2.19. The third kappa shape index (κ3) is 1.47. The number of nitrogens with zero attached hydrogens (tertiary/aromatic N) is 4. The molecule has 0 aliphatic rings. The van der Waals surface area contributed by atoms with Crippen LogP contribution < -0.4 is 10.6 Å². The van der Waals surface area contributed by atoms with Crippen LogP contribution in [0.25, 0.3) is 11.0 Å². The Hall–Kier alpha value is -1.85. The summed E-state index contributed by atoms with van der Waals surface area (Å²) in [6, 6.07) is 0. The van der Waals surface area contributed by atoms with E-state index in [1.165, 1.54) is 6.33 Å². The first kappa shape index (κ1) is 9.70. The number of anilines is 2. The van der Waals surface area contributed by atoms with Gasteiger partial charge in [0.1, 0.15) is 23.3 Å². The summed E-state index contributed by atoms with van der Waals surface area (Å²) in [5, 5.41) is 7.53. The maximum atomic E-state index is 5.80. The predicted molar refractivity (Wildman–Crippen MR) is 59.7 cm³/mol. The maximum Gasteiger partial charge on any atom is 0.188 e. The van der Waals surface area contributed by atoms with Crippen LogP contribution in [-0.4, -0.2) is 33.3 Å². The van der Waals surface area contributed by atoms with Gasteiger partial charge in [-0.1, -0.05) is 0 Å². The van der Waals surface area contributed by atoms with Gasteiger partial charge in [0.05, 0.1) is 0 Å². The third-order valence-electron chi connectivity index (χ3n) is 2.42. The van der Waals surface area contributed by atoms with Crippen LogP contribution >= 0.6 is 0 Å². The van der Waals surface area contributed by atoms with E-state index in [2.05, 4.69) is 38.9 Å². The van der Waals surface area contributed by atoms with Gasteiger partial charge in [0.2, 0.25) is 0 Å². The molecule has 0 radical (unpaired) electrons. The summed E-state index contributed by atoms with van der Waals surface area (Å²) in [5.74, 6) is 1.36. The first-order valence-electron chi connectivity index (χ1n) is 4.97. The molecule has 0 aromatic carbocycles. The average Bonchev–Trinajstić information content (AvgIpc) is 2.63.